The SMILES string of the molecule is Cc1cc(C)c(NC(=O)Nc2cc3ccccc3cc2C(=O)N[C@H](C(=O)O)[C@H]2CCCC(OC(=O)C(F)(F)F)C2)c(C)c1. The first-order chi connectivity index (χ1) is 20.2. The molecule has 4 rings (SSSR count). The van der Waals surface area contributed by atoms with Crippen LogP contribution in [-0.4, -0.2) is 47.3 Å². The van der Waals surface area contributed by atoms with E-state index in [9.17, 15) is 37.5 Å². The highest BCUT2D eigenvalue weighted by atomic mass is 19.4. The summed E-state index contributed by atoms with van der Waals surface area (Å²) >= 11 is 0. The Morgan fingerprint density at radius 1 is 0.930 bits per heavy atom. The van der Waals surface area contributed by atoms with Gasteiger partial charge in [-0.1, -0.05) is 42.0 Å². The maximum atomic E-state index is 13.6. The number of hydrogen-bond acceptors (Lipinski definition) is 5. The van der Waals surface area contributed by atoms with Gasteiger partial charge in [-0.3, -0.25) is 4.79 Å². The minimum Gasteiger partial charge on any atom is -0.480 e. The number of fused-ring (bicyclic) bond motifs is 1. The Bertz CT molecular complexity index is 1550. The van der Waals surface area contributed by atoms with E-state index >= 15 is 0 Å². The van der Waals surface area contributed by atoms with Crippen LogP contribution in [0.5, 0.6) is 0 Å². The van der Waals surface area contributed by atoms with E-state index in [0.29, 0.717) is 22.9 Å². The van der Waals surface area contributed by atoms with E-state index < -0.39 is 48.1 Å². The molecule has 1 aliphatic carbocycles. The summed E-state index contributed by atoms with van der Waals surface area (Å²) in [6, 6.07) is 12.0. The fraction of sp³-hybridized carbons (Fsp3) is 0.355. The number of amides is 3. The molecule has 9 nitrogen and oxygen atoms in total. The zero-order chi connectivity index (χ0) is 31.5. The van der Waals surface area contributed by atoms with Crippen LogP contribution in [0, 0.1) is 26.7 Å². The van der Waals surface area contributed by atoms with E-state index in [2.05, 4.69) is 20.7 Å². The molecular formula is C31H32F3N3O6. The van der Waals surface area contributed by atoms with Crippen LogP contribution >= 0.6 is 0 Å². The van der Waals surface area contributed by atoms with E-state index in [-0.39, 0.29) is 30.5 Å². The third-order valence-corrected chi connectivity index (χ3v) is 7.49. The molecule has 12 heteroatoms. The van der Waals surface area contributed by atoms with Crippen molar-refractivity contribution >= 4 is 46.0 Å². The number of ether oxygens (including phenoxy) is 1. The fourth-order valence-electron chi connectivity index (χ4n) is 5.59. The van der Waals surface area contributed by atoms with Gasteiger partial charge in [0.2, 0.25) is 0 Å². The number of carboxylic acid groups (broad SMARTS) is 1. The second-order valence-corrected chi connectivity index (χ2v) is 10.8. The number of halogens is 3. The van der Waals surface area contributed by atoms with Gasteiger partial charge in [0.1, 0.15) is 12.1 Å². The van der Waals surface area contributed by atoms with Gasteiger partial charge in [0.05, 0.1) is 11.3 Å². The van der Waals surface area contributed by atoms with E-state index in [4.69, 9.17) is 0 Å². The van der Waals surface area contributed by atoms with Crippen LogP contribution in [0.1, 0.15) is 52.7 Å². The van der Waals surface area contributed by atoms with Crippen LogP contribution in [0.4, 0.5) is 29.3 Å². The Kier molecular flexibility index (Phi) is 9.27. The molecule has 0 aliphatic heterocycles. The summed E-state index contributed by atoms with van der Waals surface area (Å²) in [6.45, 7) is 5.66. The summed E-state index contributed by atoms with van der Waals surface area (Å²) in [5, 5.41) is 19.3. The number of nitrogens with one attached hydrogen (secondary N) is 3. The minimum atomic E-state index is -5.17. The van der Waals surface area contributed by atoms with Crippen LogP contribution in [-0.2, 0) is 14.3 Å². The monoisotopic (exact) mass is 599 g/mol. The van der Waals surface area contributed by atoms with Gasteiger partial charge < -0.3 is 25.8 Å². The lowest BCUT2D eigenvalue weighted by Gasteiger charge is -2.33. The topological polar surface area (TPSA) is 134 Å². The number of carbonyl (C=O) groups is 4. The Balaban J connectivity index is 1.58. The van der Waals surface area contributed by atoms with E-state index in [1.807, 2.05) is 32.9 Å². The van der Waals surface area contributed by atoms with Crippen LogP contribution in [0.15, 0.2) is 48.5 Å². The number of hydrogen-bond donors (Lipinski definition) is 4. The van der Waals surface area contributed by atoms with Gasteiger partial charge in [-0.05, 0) is 86.4 Å². The molecule has 1 saturated carbocycles. The van der Waals surface area contributed by atoms with Crippen LogP contribution in [0.25, 0.3) is 10.8 Å². The minimum absolute atomic E-state index is 0.00620. The number of aliphatic carboxylic acids is 1. The van der Waals surface area contributed by atoms with Crippen molar-refractivity contribution in [2.45, 2.75) is 64.8 Å². The summed E-state index contributed by atoms with van der Waals surface area (Å²) in [7, 11) is 0. The zero-order valence-corrected chi connectivity index (χ0v) is 23.8. The molecule has 1 fully saturated rings. The quantitative estimate of drug-likeness (QED) is 0.237. The molecule has 0 heterocycles. The molecule has 3 aromatic rings. The van der Waals surface area contributed by atoms with Gasteiger partial charge in [-0.15, -0.1) is 0 Å². The largest absolute Gasteiger partial charge is 0.490 e. The molecule has 0 aromatic heterocycles. The third kappa shape index (κ3) is 7.62. The molecule has 43 heavy (non-hydrogen) atoms. The molecule has 0 radical (unpaired) electrons. The standard InChI is InChI=1S/C31H32F3N3O6/c1-16-11-17(2)25(18(3)12-16)37-30(42)35-24-15-20-8-5-4-7-19(20)14-23(24)27(38)36-26(28(39)40)21-9-6-10-22(13-21)43-29(41)31(32,33)34/h4-5,7-8,11-12,14-15,21-22,26H,6,9-10,13H2,1-3H3,(H,36,38)(H,39,40)(H2,35,37,42)/t21-,22?,26-/m0/s1. The van der Waals surface area contributed by atoms with Gasteiger partial charge in [-0.25, -0.2) is 14.4 Å². The average Bonchev–Trinajstić information content (AvgIpc) is 2.92. The number of rotatable bonds is 7. The second-order valence-electron chi connectivity index (χ2n) is 10.8. The van der Waals surface area contributed by atoms with Crippen molar-refractivity contribution in [3.05, 3.63) is 70.8 Å². The molecule has 3 amide bonds. The van der Waals surface area contributed by atoms with Crippen molar-refractivity contribution in [3.8, 4) is 0 Å². The molecule has 0 saturated heterocycles. The van der Waals surface area contributed by atoms with Crippen molar-refractivity contribution in [3.63, 3.8) is 0 Å². The molecule has 3 atom stereocenters. The van der Waals surface area contributed by atoms with Crippen LogP contribution < -0.4 is 16.0 Å². The lowest BCUT2D eigenvalue weighted by atomic mass is 9.82. The second kappa shape index (κ2) is 12.7. The van der Waals surface area contributed by atoms with Crippen molar-refractivity contribution in [1.29, 1.82) is 0 Å². The highest BCUT2D eigenvalue weighted by molar-refractivity contribution is 6.10. The molecule has 0 spiro atoms. The Hall–Kier alpha value is -4.61. The summed E-state index contributed by atoms with van der Waals surface area (Å²) in [5.41, 5.74) is 3.46. The van der Waals surface area contributed by atoms with E-state index in [1.54, 1.807) is 30.3 Å². The first-order valence-corrected chi connectivity index (χ1v) is 13.7. The highest BCUT2D eigenvalue weighted by Gasteiger charge is 2.44. The predicted octanol–water partition coefficient (Wildman–Crippen LogP) is 6.26. The van der Waals surface area contributed by atoms with E-state index in [0.717, 1.165) is 16.7 Å². The molecule has 228 valence electrons. The number of carboxylic acids is 1. The molecule has 0 bridgehead atoms. The lowest BCUT2D eigenvalue weighted by Crippen LogP contribution is -2.48. The number of anilines is 2. The molecule has 4 N–H and O–H groups in total. The van der Waals surface area contributed by atoms with Crippen molar-refractivity contribution in [1.82, 2.24) is 5.32 Å². The number of aryl methyl sites for hydroxylation is 3. The maximum absolute atomic E-state index is 13.6. The summed E-state index contributed by atoms with van der Waals surface area (Å²) in [5.74, 6) is -5.32. The molecule has 1 aliphatic rings. The zero-order valence-electron chi connectivity index (χ0n) is 23.8. The Labute approximate surface area is 245 Å². The van der Waals surface area contributed by atoms with Gasteiger partial charge in [0.25, 0.3) is 5.91 Å². The summed E-state index contributed by atoms with van der Waals surface area (Å²) < 4.78 is 42.7. The van der Waals surface area contributed by atoms with Gasteiger partial charge >= 0.3 is 24.1 Å². The molecular weight excluding hydrogens is 567 g/mol. The highest BCUT2D eigenvalue weighted by Crippen LogP contribution is 2.32. The van der Waals surface area contributed by atoms with Crippen molar-refractivity contribution in [2.75, 3.05) is 10.6 Å². The number of urea groups is 1. The number of carbonyl (C=O) groups excluding carboxylic acids is 3. The van der Waals surface area contributed by atoms with Crippen molar-refractivity contribution < 1.29 is 42.2 Å². The van der Waals surface area contributed by atoms with Crippen molar-refractivity contribution in [2.24, 2.45) is 5.92 Å². The smallest absolute Gasteiger partial charge is 0.480 e. The van der Waals surface area contributed by atoms with Gasteiger partial charge in [0, 0.05) is 5.69 Å². The number of benzene rings is 3. The first kappa shape index (κ1) is 31.3. The maximum Gasteiger partial charge on any atom is 0.490 e. The lowest BCUT2D eigenvalue weighted by molar-refractivity contribution is -0.206. The molecule has 1 unspecified atom stereocenters. The average molecular weight is 600 g/mol. The fourth-order valence-corrected chi connectivity index (χ4v) is 5.59. The summed E-state index contributed by atoms with van der Waals surface area (Å²) in [4.78, 5) is 50.2. The Morgan fingerprint density at radius 3 is 2.16 bits per heavy atom. The van der Waals surface area contributed by atoms with E-state index in [1.165, 1.54) is 6.07 Å². The van der Waals surface area contributed by atoms with Gasteiger partial charge in [-0.2, -0.15) is 13.2 Å². The van der Waals surface area contributed by atoms with Gasteiger partial charge in [0.15, 0.2) is 0 Å². The molecule has 3 aromatic carbocycles. The third-order valence-electron chi connectivity index (χ3n) is 7.49. The Morgan fingerprint density at radius 2 is 1.56 bits per heavy atom. The van der Waals surface area contributed by atoms with Crippen LogP contribution in [0.3, 0.4) is 0 Å². The normalized spacial score (nSPS) is 17.5. The summed E-state index contributed by atoms with van der Waals surface area (Å²) in [6.07, 6.45) is -5.73. The predicted molar refractivity (Wildman–Crippen MR) is 154 cm³/mol. The first-order valence-electron chi connectivity index (χ1n) is 13.7. The number of alkyl halides is 3. The van der Waals surface area contributed by atoms with Crippen LogP contribution in [0.2, 0.25) is 0 Å². The number of esters is 1.